The van der Waals surface area contributed by atoms with Crippen LogP contribution >= 0.6 is 12.4 Å². The molecule has 8 nitrogen and oxygen atoms in total. The van der Waals surface area contributed by atoms with E-state index in [1.165, 1.54) is 17.1 Å². The summed E-state index contributed by atoms with van der Waals surface area (Å²) in [6.07, 6.45) is 1.81. The van der Waals surface area contributed by atoms with Crippen molar-refractivity contribution in [3.8, 4) is 6.07 Å². The first-order valence-electron chi connectivity index (χ1n) is 7.22. The lowest BCUT2D eigenvalue weighted by molar-refractivity contribution is -0.384. The summed E-state index contributed by atoms with van der Waals surface area (Å²) in [5.41, 5.74) is 7.40. The van der Waals surface area contributed by atoms with Crippen molar-refractivity contribution in [1.29, 1.82) is 5.26 Å². The molecule has 1 aromatic rings. The number of non-ortho nitro benzene ring substituents is 1. The molecule has 130 valence electrons. The second-order valence-corrected chi connectivity index (χ2v) is 5.96. The van der Waals surface area contributed by atoms with Gasteiger partial charge in [-0.25, -0.2) is 5.01 Å². The van der Waals surface area contributed by atoms with Gasteiger partial charge in [-0.05, 0) is 26.0 Å². The maximum absolute atomic E-state index is 11.0. The summed E-state index contributed by atoms with van der Waals surface area (Å²) in [5, 5.41) is 26.2. The minimum absolute atomic E-state index is 0. The van der Waals surface area contributed by atoms with E-state index in [4.69, 9.17) is 10.5 Å². The lowest BCUT2D eigenvalue weighted by atomic mass is 9.92. The smallest absolute Gasteiger partial charge is 0.271 e. The molecule has 0 aromatic heterocycles. The predicted octanol–water partition coefficient (Wildman–Crippen LogP) is 2.62. The van der Waals surface area contributed by atoms with Crippen LogP contribution in [0.5, 0.6) is 0 Å². The van der Waals surface area contributed by atoms with Gasteiger partial charge >= 0.3 is 0 Å². The lowest BCUT2D eigenvalue weighted by Crippen LogP contribution is -2.39. The van der Waals surface area contributed by atoms with Crippen LogP contribution in [-0.4, -0.2) is 22.8 Å². The van der Waals surface area contributed by atoms with Crippen molar-refractivity contribution in [3.05, 3.63) is 57.4 Å². The van der Waals surface area contributed by atoms with E-state index in [-0.39, 0.29) is 36.1 Å². The number of nitro benzene ring substituents is 1. The van der Waals surface area contributed by atoms with E-state index in [2.05, 4.69) is 11.2 Å². The summed E-state index contributed by atoms with van der Waals surface area (Å²) in [5.74, 6) is 0.130. The Morgan fingerprint density at radius 2 is 2.20 bits per heavy atom. The number of halogens is 1. The highest BCUT2D eigenvalue weighted by molar-refractivity contribution is 6.08. The molecule has 2 aliphatic heterocycles. The number of hydrogen-bond donors (Lipinski definition) is 1. The maximum Gasteiger partial charge on any atom is 0.271 e. The van der Waals surface area contributed by atoms with E-state index < -0.39 is 10.5 Å². The molecule has 0 radical (unpaired) electrons. The largest absolute Gasteiger partial charge is 0.383 e. The van der Waals surface area contributed by atoms with E-state index in [1.54, 1.807) is 12.1 Å². The number of fused-ring (bicyclic) bond motifs is 1. The molecule has 0 aliphatic carbocycles. The second kappa shape index (κ2) is 6.55. The van der Waals surface area contributed by atoms with Gasteiger partial charge < -0.3 is 10.5 Å². The number of nitro groups is 1. The Balaban J connectivity index is 0.00000225. The van der Waals surface area contributed by atoms with Gasteiger partial charge in [0.05, 0.1) is 28.5 Å². The van der Waals surface area contributed by atoms with Crippen molar-refractivity contribution in [3.63, 3.8) is 0 Å². The van der Waals surface area contributed by atoms with E-state index in [0.717, 1.165) is 0 Å². The van der Waals surface area contributed by atoms with Gasteiger partial charge in [-0.1, -0.05) is 6.07 Å². The van der Waals surface area contributed by atoms with Crippen molar-refractivity contribution >= 4 is 29.5 Å². The fourth-order valence-electron chi connectivity index (χ4n) is 2.57. The number of anilines is 1. The zero-order valence-electron chi connectivity index (χ0n) is 13.6. The van der Waals surface area contributed by atoms with Crippen LogP contribution in [0.1, 0.15) is 13.8 Å². The molecule has 1 aromatic carbocycles. The number of hydrazone groups is 1. The van der Waals surface area contributed by atoms with Crippen LogP contribution in [0.2, 0.25) is 0 Å². The number of nitrogens with two attached hydrogens (primary N) is 1. The van der Waals surface area contributed by atoms with E-state index in [1.807, 2.05) is 19.9 Å². The lowest BCUT2D eigenvalue weighted by Gasteiger charge is -2.34. The Morgan fingerprint density at radius 3 is 2.84 bits per heavy atom. The standard InChI is InChI=1S/C16H15N5O3.ClH/c1-16(2)7-12-13(8-17)15(18)20(19-14(12)9-24-16)10-4-3-5-11(6-10)21(22)23;/h3-7H,9,18H2,1-2H3;1H. The molecule has 3 rings (SSSR count). The molecule has 0 fully saturated rings. The summed E-state index contributed by atoms with van der Waals surface area (Å²) in [6, 6.07) is 8.02. The van der Waals surface area contributed by atoms with Gasteiger partial charge in [-0.2, -0.15) is 10.4 Å². The van der Waals surface area contributed by atoms with Gasteiger partial charge in [0.25, 0.3) is 5.69 Å². The third kappa shape index (κ3) is 3.33. The molecular weight excluding hydrogens is 346 g/mol. The van der Waals surface area contributed by atoms with Crippen LogP contribution < -0.4 is 10.7 Å². The summed E-state index contributed by atoms with van der Waals surface area (Å²) in [7, 11) is 0. The van der Waals surface area contributed by atoms with Crippen molar-refractivity contribution < 1.29 is 9.66 Å². The van der Waals surface area contributed by atoms with E-state index >= 15 is 0 Å². The fourth-order valence-corrected chi connectivity index (χ4v) is 2.57. The first kappa shape index (κ1) is 18.4. The molecule has 9 heteroatoms. The fraction of sp³-hybridized carbons (Fsp3) is 0.250. The number of benzene rings is 1. The molecule has 0 bridgehead atoms. The van der Waals surface area contributed by atoms with E-state index in [9.17, 15) is 15.4 Å². The first-order chi connectivity index (χ1) is 11.3. The highest BCUT2D eigenvalue weighted by Gasteiger charge is 2.33. The van der Waals surface area contributed by atoms with Crippen LogP contribution in [0.15, 0.2) is 52.4 Å². The molecule has 0 atom stereocenters. The average Bonchev–Trinajstić information content (AvgIpc) is 2.54. The Hall–Kier alpha value is -2.89. The molecule has 0 saturated heterocycles. The number of nitrogens with zero attached hydrogens (tertiary/aromatic N) is 4. The minimum Gasteiger partial charge on any atom is -0.383 e. The molecule has 0 amide bonds. The SMILES string of the molecule is CC1(C)C=C2C(=NN(c3cccc([N+](=O)[O-])c3)C(N)=C2C#N)CO1.Cl. The normalized spacial score (nSPS) is 18.4. The minimum atomic E-state index is -0.523. The van der Waals surface area contributed by atoms with Crippen molar-refractivity contribution in [2.24, 2.45) is 10.8 Å². The number of rotatable bonds is 2. The first-order valence-corrected chi connectivity index (χ1v) is 7.22. The van der Waals surface area contributed by atoms with Gasteiger partial charge in [-0.3, -0.25) is 10.1 Å². The highest BCUT2D eigenvalue weighted by atomic mass is 35.5. The second-order valence-electron chi connectivity index (χ2n) is 5.96. The summed E-state index contributed by atoms with van der Waals surface area (Å²) < 4.78 is 5.69. The van der Waals surface area contributed by atoms with Gasteiger partial charge in [-0.15, -0.1) is 12.4 Å². The van der Waals surface area contributed by atoms with E-state index in [0.29, 0.717) is 17.0 Å². The Labute approximate surface area is 150 Å². The molecule has 2 N–H and O–H groups in total. The molecule has 25 heavy (non-hydrogen) atoms. The third-order valence-corrected chi connectivity index (χ3v) is 3.76. The highest BCUT2D eigenvalue weighted by Crippen LogP contribution is 2.33. The molecule has 0 spiro atoms. The molecular formula is C16H16ClN5O3. The topological polar surface area (TPSA) is 118 Å². The van der Waals surface area contributed by atoms with Crippen LogP contribution in [0.25, 0.3) is 0 Å². The average molecular weight is 362 g/mol. The summed E-state index contributed by atoms with van der Waals surface area (Å²) >= 11 is 0. The number of nitriles is 1. The van der Waals surface area contributed by atoms with Gasteiger partial charge in [0.1, 0.15) is 17.5 Å². The van der Waals surface area contributed by atoms with Crippen molar-refractivity contribution in [2.45, 2.75) is 19.4 Å². The Kier molecular flexibility index (Phi) is 4.83. The molecule has 2 aliphatic rings. The number of allylic oxidation sites excluding steroid dienone is 1. The van der Waals surface area contributed by atoms with Gasteiger partial charge in [0.15, 0.2) is 0 Å². The summed E-state index contributed by atoms with van der Waals surface area (Å²) in [4.78, 5) is 10.5. The maximum atomic E-state index is 11.0. The third-order valence-electron chi connectivity index (χ3n) is 3.76. The monoisotopic (exact) mass is 361 g/mol. The van der Waals surface area contributed by atoms with Crippen LogP contribution in [0, 0.1) is 21.4 Å². The number of ether oxygens (including phenoxy) is 1. The van der Waals surface area contributed by atoms with Crippen LogP contribution in [0.3, 0.4) is 0 Å². The Morgan fingerprint density at radius 1 is 1.48 bits per heavy atom. The molecule has 0 unspecified atom stereocenters. The number of hydrogen-bond acceptors (Lipinski definition) is 7. The summed E-state index contributed by atoms with van der Waals surface area (Å²) in [6.45, 7) is 3.99. The predicted molar refractivity (Wildman–Crippen MR) is 95.2 cm³/mol. The zero-order valence-corrected chi connectivity index (χ0v) is 14.4. The van der Waals surface area contributed by atoms with Crippen LogP contribution in [0.4, 0.5) is 11.4 Å². The van der Waals surface area contributed by atoms with Crippen molar-refractivity contribution in [2.75, 3.05) is 11.6 Å². The molecule has 0 saturated carbocycles. The molecule has 2 heterocycles. The van der Waals surface area contributed by atoms with Gasteiger partial charge in [0, 0.05) is 17.7 Å². The quantitative estimate of drug-likeness (QED) is 0.639. The van der Waals surface area contributed by atoms with Crippen molar-refractivity contribution in [1.82, 2.24) is 0 Å². The Bertz CT molecular complexity index is 867. The zero-order chi connectivity index (χ0) is 17.5. The van der Waals surface area contributed by atoms with Crippen LogP contribution in [-0.2, 0) is 4.74 Å². The van der Waals surface area contributed by atoms with Gasteiger partial charge in [0.2, 0.25) is 0 Å².